The molecule has 0 bridgehead atoms. The summed E-state index contributed by atoms with van der Waals surface area (Å²) in [6.45, 7) is 0.393. The van der Waals surface area contributed by atoms with Crippen LogP contribution in [-0.4, -0.2) is 34.0 Å². The van der Waals surface area contributed by atoms with Gasteiger partial charge >= 0.3 is 0 Å². The topological polar surface area (TPSA) is 37.4 Å². The summed E-state index contributed by atoms with van der Waals surface area (Å²) in [4.78, 5) is 1.82. The van der Waals surface area contributed by atoms with Crippen LogP contribution >= 0.6 is 15.9 Å². The van der Waals surface area contributed by atoms with Gasteiger partial charge in [-0.1, -0.05) is 15.9 Å². The highest BCUT2D eigenvalue weighted by Crippen LogP contribution is 2.22. The Morgan fingerprint density at radius 2 is 2.06 bits per heavy atom. The largest absolute Gasteiger partial charge is 0.373 e. The van der Waals surface area contributed by atoms with Gasteiger partial charge in [-0.3, -0.25) is 0 Å². The van der Waals surface area contributed by atoms with E-state index in [0.717, 1.165) is 11.3 Å². The first-order valence-electron chi connectivity index (χ1n) is 5.07. The normalized spacial score (nSPS) is 11.5. The Balaban J connectivity index is 2.85. The second-order valence-corrected chi connectivity index (χ2v) is 6.78. The number of halogens is 2. The molecule has 17 heavy (non-hydrogen) atoms. The number of alkyl halides is 1. The lowest BCUT2D eigenvalue weighted by Crippen LogP contribution is -2.25. The van der Waals surface area contributed by atoms with E-state index in [1.54, 1.807) is 13.1 Å². The number of benzene rings is 1. The highest BCUT2D eigenvalue weighted by atomic mass is 79.9. The molecule has 0 atom stereocenters. The van der Waals surface area contributed by atoms with Crippen molar-refractivity contribution < 1.29 is 12.8 Å². The van der Waals surface area contributed by atoms with Crippen molar-refractivity contribution in [2.45, 2.75) is 5.33 Å². The summed E-state index contributed by atoms with van der Waals surface area (Å²) in [5.41, 5.74) is 1.65. The smallest absolute Gasteiger partial charge is 0.149 e. The lowest BCUT2D eigenvalue weighted by molar-refractivity contribution is 0.600. The monoisotopic (exact) mass is 323 g/mol. The second-order valence-electron chi connectivity index (χ2n) is 3.96. The van der Waals surface area contributed by atoms with Crippen molar-refractivity contribution in [3.8, 4) is 0 Å². The molecule has 0 radical (unpaired) electrons. The van der Waals surface area contributed by atoms with Crippen molar-refractivity contribution in [1.29, 1.82) is 0 Å². The minimum absolute atomic E-state index is 0.0859. The summed E-state index contributed by atoms with van der Waals surface area (Å²) in [7, 11) is -1.19. The van der Waals surface area contributed by atoms with Gasteiger partial charge < -0.3 is 4.90 Å². The zero-order valence-corrected chi connectivity index (χ0v) is 12.2. The maximum Gasteiger partial charge on any atom is 0.149 e. The average Bonchev–Trinajstić information content (AvgIpc) is 2.24. The third kappa shape index (κ3) is 4.63. The Bertz CT molecular complexity index is 490. The van der Waals surface area contributed by atoms with E-state index >= 15 is 0 Å². The molecule has 0 aliphatic rings. The Kier molecular flexibility index (Phi) is 4.94. The molecule has 0 spiro atoms. The molecule has 0 fully saturated rings. The standard InChI is InChI=1S/C11H15BrFNO2S/c1-14(5-6-17(2,15)16)11-4-3-10(13)7-9(11)8-12/h3-4,7H,5-6,8H2,1-2H3. The Labute approximate surface area is 110 Å². The van der Waals surface area contributed by atoms with Crippen LogP contribution in [0.2, 0.25) is 0 Å². The van der Waals surface area contributed by atoms with Crippen LogP contribution in [0.3, 0.4) is 0 Å². The number of hydrogen-bond donors (Lipinski definition) is 0. The van der Waals surface area contributed by atoms with Gasteiger partial charge in [-0.05, 0) is 23.8 Å². The van der Waals surface area contributed by atoms with Crippen molar-refractivity contribution in [3.05, 3.63) is 29.6 Å². The minimum Gasteiger partial charge on any atom is -0.373 e. The van der Waals surface area contributed by atoms with Gasteiger partial charge in [0.15, 0.2) is 0 Å². The van der Waals surface area contributed by atoms with E-state index in [-0.39, 0.29) is 11.6 Å². The molecule has 1 aromatic rings. The van der Waals surface area contributed by atoms with Gasteiger partial charge in [0.2, 0.25) is 0 Å². The van der Waals surface area contributed by atoms with Crippen LogP contribution in [0.1, 0.15) is 5.56 Å². The van der Waals surface area contributed by atoms with E-state index in [4.69, 9.17) is 0 Å². The van der Waals surface area contributed by atoms with Gasteiger partial charge in [0.05, 0.1) is 5.75 Å². The van der Waals surface area contributed by atoms with Crippen molar-refractivity contribution in [2.75, 3.05) is 30.5 Å². The minimum atomic E-state index is -2.98. The van der Waals surface area contributed by atoms with E-state index in [0.29, 0.717) is 11.9 Å². The second kappa shape index (κ2) is 5.82. The molecule has 0 N–H and O–H groups in total. The van der Waals surface area contributed by atoms with Crippen LogP contribution in [-0.2, 0) is 15.2 Å². The maximum absolute atomic E-state index is 13.0. The third-order valence-corrected chi connectivity index (χ3v) is 3.92. The number of hydrogen-bond acceptors (Lipinski definition) is 3. The Morgan fingerprint density at radius 1 is 1.41 bits per heavy atom. The first-order valence-corrected chi connectivity index (χ1v) is 8.25. The number of rotatable bonds is 5. The third-order valence-electron chi connectivity index (χ3n) is 2.39. The molecule has 0 aliphatic carbocycles. The Morgan fingerprint density at radius 3 is 2.59 bits per heavy atom. The van der Waals surface area contributed by atoms with E-state index in [1.165, 1.54) is 18.4 Å². The van der Waals surface area contributed by atoms with Crippen molar-refractivity contribution >= 4 is 31.5 Å². The van der Waals surface area contributed by atoms with E-state index in [9.17, 15) is 12.8 Å². The molecule has 0 saturated heterocycles. The predicted molar refractivity (Wildman–Crippen MR) is 72.0 cm³/mol. The molecule has 1 rings (SSSR count). The molecule has 0 saturated carbocycles. The van der Waals surface area contributed by atoms with Crippen LogP contribution in [0.15, 0.2) is 18.2 Å². The summed E-state index contributed by atoms with van der Waals surface area (Å²) >= 11 is 3.29. The van der Waals surface area contributed by atoms with Crippen molar-refractivity contribution in [2.24, 2.45) is 0 Å². The molecule has 0 aliphatic heterocycles. The number of nitrogens with zero attached hydrogens (tertiary/aromatic N) is 1. The summed E-state index contributed by atoms with van der Waals surface area (Å²) < 4.78 is 35.2. The predicted octanol–water partition coefficient (Wildman–Crippen LogP) is 2.20. The lowest BCUT2D eigenvalue weighted by atomic mass is 10.2. The van der Waals surface area contributed by atoms with E-state index < -0.39 is 9.84 Å². The van der Waals surface area contributed by atoms with Crippen LogP contribution in [0.4, 0.5) is 10.1 Å². The highest BCUT2D eigenvalue weighted by molar-refractivity contribution is 9.08. The van der Waals surface area contributed by atoms with Crippen LogP contribution in [0, 0.1) is 5.82 Å². The zero-order chi connectivity index (χ0) is 13.1. The van der Waals surface area contributed by atoms with Crippen molar-refractivity contribution in [3.63, 3.8) is 0 Å². The van der Waals surface area contributed by atoms with Gasteiger partial charge in [-0.15, -0.1) is 0 Å². The molecule has 0 amide bonds. The molecule has 96 valence electrons. The molecule has 1 aromatic carbocycles. The summed E-state index contributed by atoms with van der Waals surface area (Å²) in [6, 6.07) is 4.48. The molecule has 6 heteroatoms. The fourth-order valence-corrected chi connectivity index (χ4v) is 2.51. The van der Waals surface area contributed by atoms with Crippen molar-refractivity contribution in [1.82, 2.24) is 0 Å². The summed E-state index contributed by atoms with van der Waals surface area (Å²) in [5, 5.41) is 0.531. The molecule has 0 unspecified atom stereocenters. The molecular weight excluding hydrogens is 309 g/mol. The van der Waals surface area contributed by atoms with E-state index in [2.05, 4.69) is 15.9 Å². The lowest BCUT2D eigenvalue weighted by Gasteiger charge is -2.21. The summed E-state index contributed by atoms with van der Waals surface area (Å²) in [6.07, 6.45) is 1.21. The first-order chi connectivity index (χ1) is 7.83. The van der Waals surface area contributed by atoms with Crippen LogP contribution in [0.25, 0.3) is 0 Å². The highest BCUT2D eigenvalue weighted by Gasteiger charge is 2.10. The average molecular weight is 324 g/mol. The van der Waals surface area contributed by atoms with Gasteiger partial charge in [0.25, 0.3) is 0 Å². The van der Waals surface area contributed by atoms with Crippen LogP contribution < -0.4 is 4.90 Å². The number of sulfone groups is 1. The molecule has 3 nitrogen and oxygen atoms in total. The zero-order valence-electron chi connectivity index (χ0n) is 9.78. The SMILES string of the molecule is CN(CCS(C)(=O)=O)c1ccc(F)cc1CBr. The molecule has 0 aromatic heterocycles. The van der Waals surface area contributed by atoms with Gasteiger partial charge in [-0.2, -0.15) is 0 Å². The fraction of sp³-hybridized carbons (Fsp3) is 0.455. The Hall–Kier alpha value is -0.620. The summed E-state index contributed by atoms with van der Waals surface area (Å²) in [5.74, 6) is -0.206. The maximum atomic E-state index is 13.0. The quantitative estimate of drug-likeness (QED) is 0.779. The van der Waals surface area contributed by atoms with Gasteiger partial charge in [0.1, 0.15) is 15.7 Å². The number of anilines is 1. The fourth-order valence-electron chi connectivity index (χ4n) is 1.46. The molecule has 0 heterocycles. The molecular formula is C11H15BrFNO2S. The van der Waals surface area contributed by atoms with Gasteiger partial charge in [0, 0.05) is 30.9 Å². The van der Waals surface area contributed by atoms with Gasteiger partial charge in [-0.25, -0.2) is 12.8 Å². The van der Waals surface area contributed by atoms with E-state index in [1.807, 2.05) is 4.90 Å². The first kappa shape index (κ1) is 14.4. The van der Waals surface area contributed by atoms with Crippen LogP contribution in [0.5, 0.6) is 0 Å².